The van der Waals surface area contributed by atoms with E-state index in [0.717, 1.165) is 0 Å². The van der Waals surface area contributed by atoms with Crippen LogP contribution in [0.1, 0.15) is 60.8 Å². The van der Waals surface area contributed by atoms with Crippen molar-refractivity contribution in [2.45, 2.75) is 50.6 Å². The fourth-order valence-corrected chi connectivity index (χ4v) is 7.19. The molecule has 1 fully saturated rings. The van der Waals surface area contributed by atoms with Gasteiger partial charge in [-0.15, -0.1) is 11.8 Å². The third kappa shape index (κ3) is 4.92. The van der Waals surface area contributed by atoms with Gasteiger partial charge in [-0.2, -0.15) is 0 Å². The van der Waals surface area contributed by atoms with Gasteiger partial charge in [-0.05, 0) is 46.5 Å². The van der Waals surface area contributed by atoms with Gasteiger partial charge in [0.2, 0.25) is 0 Å². The number of hydrogen-bond donors (Lipinski definition) is 0. The molecule has 0 bridgehead atoms. The van der Waals surface area contributed by atoms with Crippen molar-refractivity contribution in [2.24, 2.45) is 0 Å². The zero-order valence-corrected chi connectivity index (χ0v) is 25.1. The number of allylic oxidation sites excluding steroid dienone is 2. The Hall–Kier alpha value is -2.02. The molecule has 7 rings (SSSR count). The molecule has 2 atom stereocenters. The molecular formula is C34H34SiZr. The molecule has 0 nitrogen and oxygen atoms in total. The van der Waals surface area contributed by atoms with Gasteiger partial charge in [0.15, 0.2) is 0 Å². The van der Waals surface area contributed by atoms with Crippen LogP contribution in [0.3, 0.4) is 0 Å². The maximum absolute atomic E-state index is 2.57. The van der Waals surface area contributed by atoms with Crippen molar-refractivity contribution in [3.63, 3.8) is 0 Å². The average molecular weight is 562 g/mol. The molecule has 2 heteroatoms. The second kappa shape index (κ2) is 11.6. The van der Waals surface area contributed by atoms with Crippen LogP contribution in [0.5, 0.6) is 0 Å². The van der Waals surface area contributed by atoms with Crippen molar-refractivity contribution < 1.29 is 26.2 Å². The molecule has 2 radical (unpaired) electrons. The molecule has 0 aromatic heterocycles. The van der Waals surface area contributed by atoms with Gasteiger partial charge in [0.25, 0.3) is 0 Å². The van der Waals surface area contributed by atoms with E-state index in [0.29, 0.717) is 11.8 Å². The summed E-state index contributed by atoms with van der Waals surface area (Å²) in [6, 6.07) is 29.7. The monoisotopic (exact) mass is 560 g/mol. The van der Waals surface area contributed by atoms with Crippen molar-refractivity contribution in [1.82, 2.24) is 0 Å². The molecule has 2 unspecified atom stereocenters. The van der Waals surface area contributed by atoms with Crippen LogP contribution < -0.4 is 0 Å². The maximum Gasteiger partial charge on any atom is 2.00 e. The number of rotatable bonds is 2. The van der Waals surface area contributed by atoms with Crippen molar-refractivity contribution in [3.05, 3.63) is 120 Å². The maximum atomic E-state index is 2.57. The van der Waals surface area contributed by atoms with Crippen LogP contribution >= 0.6 is 0 Å². The molecule has 1 heterocycles. The Balaban J connectivity index is 0.000000391. The summed E-state index contributed by atoms with van der Waals surface area (Å²) in [5, 5.41) is 5.38. The first-order valence-corrected chi connectivity index (χ1v) is 14.1. The summed E-state index contributed by atoms with van der Waals surface area (Å²) in [5.41, 5.74) is 8.59. The standard InChI is InChI=1S/C29H23.C4H8Si.CH3.Zr/c1-18-15-28-22-9-5-3-7-20(22)11-13-24(28)26(18)17-27-19(2)16-29-23-10-6-4-8-21(23)12-14-25(27)29;1-2-4-5-3-1;;/h3-17,26-27H,1-2H3;1-4H2;1H3;/q-1;;-1;+2. The van der Waals surface area contributed by atoms with Gasteiger partial charge >= 0.3 is 26.2 Å². The summed E-state index contributed by atoms with van der Waals surface area (Å²) in [6.07, 6.45) is 10.4. The first-order chi connectivity index (χ1) is 16.7. The summed E-state index contributed by atoms with van der Waals surface area (Å²) >= 11 is 0. The molecule has 3 aliphatic rings. The van der Waals surface area contributed by atoms with Gasteiger partial charge in [-0.3, -0.25) is 0 Å². The molecule has 1 saturated heterocycles. The van der Waals surface area contributed by atoms with Crippen molar-refractivity contribution in [3.8, 4) is 0 Å². The van der Waals surface area contributed by atoms with Crippen molar-refractivity contribution in [2.75, 3.05) is 0 Å². The second-order valence-electron chi connectivity index (χ2n) is 9.96. The molecule has 0 N–H and O–H groups in total. The number of fused-ring (bicyclic) bond motifs is 6. The third-order valence-corrected chi connectivity index (χ3v) is 9.16. The second-order valence-corrected chi connectivity index (χ2v) is 11.5. The van der Waals surface area contributed by atoms with Gasteiger partial charge < -0.3 is 13.8 Å². The van der Waals surface area contributed by atoms with Gasteiger partial charge in [0, 0.05) is 9.52 Å². The Morgan fingerprint density at radius 1 is 0.639 bits per heavy atom. The van der Waals surface area contributed by atoms with E-state index in [4.69, 9.17) is 0 Å². The zero-order chi connectivity index (χ0) is 23.1. The van der Waals surface area contributed by atoms with Gasteiger partial charge in [0.1, 0.15) is 0 Å². The average Bonchev–Trinajstić information content (AvgIpc) is 3.61. The van der Waals surface area contributed by atoms with E-state index in [9.17, 15) is 0 Å². The molecule has 0 amide bonds. The number of benzene rings is 4. The van der Waals surface area contributed by atoms with E-state index in [1.807, 2.05) is 0 Å². The Kier molecular flexibility index (Phi) is 8.69. The Bertz CT molecular complexity index is 1330. The van der Waals surface area contributed by atoms with Gasteiger partial charge in [-0.1, -0.05) is 132 Å². The first kappa shape index (κ1) is 27.0. The van der Waals surface area contributed by atoms with Crippen LogP contribution in [-0.2, 0) is 26.2 Å². The van der Waals surface area contributed by atoms with Crippen molar-refractivity contribution in [1.29, 1.82) is 0 Å². The van der Waals surface area contributed by atoms with E-state index >= 15 is 0 Å². The molecule has 36 heavy (non-hydrogen) atoms. The Labute approximate surface area is 238 Å². The molecule has 2 aliphatic carbocycles. The molecule has 4 aromatic carbocycles. The minimum Gasteiger partial charge on any atom is -0.358 e. The van der Waals surface area contributed by atoms with Crippen LogP contribution in [0, 0.1) is 13.8 Å². The van der Waals surface area contributed by atoms with Crippen LogP contribution in [-0.4, -0.2) is 9.52 Å². The Morgan fingerprint density at radius 2 is 1.08 bits per heavy atom. The van der Waals surface area contributed by atoms with Crippen LogP contribution in [0.2, 0.25) is 12.1 Å². The topological polar surface area (TPSA) is 0 Å². The van der Waals surface area contributed by atoms with Crippen LogP contribution in [0.15, 0.2) is 83.9 Å². The Morgan fingerprint density at radius 3 is 1.50 bits per heavy atom. The largest absolute Gasteiger partial charge is 2.00 e. The predicted octanol–water partition coefficient (Wildman–Crippen LogP) is 9.67. The summed E-state index contributed by atoms with van der Waals surface area (Å²) in [7, 11) is 1.31. The summed E-state index contributed by atoms with van der Waals surface area (Å²) < 4.78 is 0. The zero-order valence-electron chi connectivity index (χ0n) is 21.6. The van der Waals surface area contributed by atoms with E-state index < -0.39 is 0 Å². The minimum absolute atomic E-state index is 0. The van der Waals surface area contributed by atoms with E-state index in [1.54, 1.807) is 0 Å². The van der Waals surface area contributed by atoms with E-state index in [1.165, 1.54) is 89.4 Å². The van der Waals surface area contributed by atoms with Gasteiger partial charge in [-0.25, -0.2) is 0 Å². The fraction of sp³-hybridized carbons (Fsp3) is 0.235. The fourth-order valence-electron chi connectivity index (χ4n) is 5.94. The van der Waals surface area contributed by atoms with Crippen molar-refractivity contribution >= 4 is 43.2 Å². The quantitative estimate of drug-likeness (QED) is 0.169. The van der Waals surface area contributed by atoms with Crippen LogP contribution in [0.4, 0.5) is 0 Å². The molecule has 0 saturated carbocycles. The van der Waals surface area contributed by atoms with E-state index in [2.05, 4.69) is 105 Å². The van der Waals surface area contributed by atoms with Gasteiger partial charge in [0.05, 0.1) is 0 Å². The molecule has 1 aliphatic heterocycles. The molecular weight excluding hydrogens is 528 g/mol. The third-order valence-electron chi connectivity index (χ3n) is 7.75. The molecule has 4 aromatic rings. The summed E-state index contributed by atoms with van der Waals surface area (Å²) in [6.45, 7) is 4.57. The number of hydrogen-bond acceptors (Lipinski definition) is 0. The minimum atomic E-state index is 0. The first-order valence-electron chi connectivity index (χ1n) is 12.7. The summed E-state index contributed by atoms with van der Waals surface area (Å²) in [4.78, 5) is 0. The smallest absolute Gasteiger partial charge is 0.358 e. The predicted molar refractivity (Wildman–Crippen MR) is 156 cm³/mol. The summed E-state index contributed by atoms with van der Waals surface area (Å²) in [5.74, 6) is 0.751. The SMILES string of the molecule is C1CC[Si]C1.CC1=Cc2c(ccc3ccccc23)C1[CH-]C1C(C)=Cc2c1ccc1ccccc21.[CH3-].[Zr+2]. The normalized spacial score (nSPS) is 19.4. The van der Waals surface area contributed by atoms with E-state index in [-0.39, 0.29) is 33.6 Å². The molecule has 178 valence electrons. The molecule has 0 spiro atoms. The van der Waals surface area contributed by atoms with Crippen LogP contribution in [0.25, 0.3) is 33.7 Å².